The van der Waals surface area contributed by atoms with Gasteiger partial charge in [-0.3, -0.25) is 9.59 Å². The number of carbonyl (C=O) groups is 3. The average Bonchev–Trinajstić information content (AvgIpc) is 2.91. The maximum absolute atomic E-state index is 13.5. The fourth-order valence-electron chi connectivity index (χ4n) is 5.23. The molecule has 3 aromatic rings. The van der Waals surface area contributed by atoms with Crippen LogP contribution in [0.15, 0.2) is 72.8 Å². The highest BCUT2D eigenvalue weighted by Crippen LogP contribution is 2.28. The van der Waals surface area contributed by atoms with E-state index in [1.807, 2.05) is 72.8 Å². The minimum absolute atomic E-state index is 0.0690. The normalized spacial score (nSPS) is 20.1. The number of hydrogen-bond donors (Lipinski definition) is 1. The van der Waals surface area contributed by atoms with E-state index < -0.39 is 12.2 Å². The van der Waals surface area contributed by atoms with Gasteiger partial charge < -0.3 is 15.1 Å². The Morgan fingerprint density at radius 1 is 1.03 bits per heavy atom. The molecule has 2 saturated heterocycles. The Labute approximate surface area is 216 Å². The Morgan fingerprint density at radius 2 is 1.76 bits per heavy atom. The predicted octanol–water partition coefficient (Wildman–Crippen LogP) is 2.80. The van der Waals surface area contributed by atoms with E-state index in [9.17, 15) is 14.4 Å². The first-order valence-corrected chi connectivity index (χ1v) is 12.3. The van der Waals surface area contributed by atoms with E-state index in [0.717, 1.165) is 21.9 Å². The van der Waals surface area contributed by atoms with Crippen molar-refractivity contribution < 1.29 is 14.4 Å². The van der Waals surface area contributed by atoms with E-state index in [2.05, 4.69) is 11.2 Å². The van der Waals surface area contributed by atoms with Crippen molar-refractivity contribution in [2.75, 3.05) is 19.6 Å². The zero-order valence-electron chi connectivity index (χ0n) is 20.7. The van der Waals surface area contributed by atoms with E-state index in [1.165, 1.54) is 9.91 Å². The molecule has 37 heavy (non-hydrogen) atoms. The van der Waals surface area contributed by atoms with Gasteiger partial charge in [-0.1, -0.05) is 78.7 Å². The lowest BCUT2D eigenvalue weighted by Gasteiger charge is -2.54. The highest BCUT2D eigenvalue weighted by Gasteiger charge is 2.49. The van der Waals surface area contributed by atoms with Crippen molar-refractivity contribution >= 4 is 28.6 Å². The molecule has 0 radical (unpaired) electrons. The molecular formula is C29H29N5O3. The molecule has 2 heterocycles. The molecule has 2 fully saturated rings. The number of fused-ring (bicyclic) bond motifs is 2. The van der Waals surface area contributed by atoms with Gasteiger partial charge in [-0.05, 0) is 28.8 Å². The summed E-state index contributed by atoms with van der Waals surface area (Å²) in [4.78, 5) is 43.3. The molecule has 0 aliphatic carbocycles. The molecule has 0 unspecified atom stereocenters. The van der Waals surface area contributed by atoms with Crippen molar-refractivity contribution in [3.63, 3.8) is 0 Å². The van der Waals surface area contributed by atoms with Crippen molar-refractivity contribution in [2.45, 2.75) is 32.2 Å². The highest BCUT2D eigenvalue weighted by atomic mass is 16.2. The summed E-state index contributed by atoms with van der Waals surface area (Å²) in [6, 6.07) is 22.6. The molecule has 0 saturated carbocycles. The zero-order chi connectivity index (χ0) is 25.9. The van der Waals surface area contributed by atoms with Gasteiger partial charge in [0.05, 0.1) is 19.6 Å². The number of nitrogens with zero attached hydrogens (tertiary/aromatic N) is 4. The SMILES string of the molecule is C#CCN1CC(=O)N2[C@@H](C)C(=O)N(Cc3cccc4ccccc34)C[C@@H]2N1C(=O)NCc1ccccc1. The number of piperazine rings is 1. The summed E-state index contributed by atoms with van der Waals surface area (Å²) in [6.45, 7) is 2.63. The molecule has 0 aromatic heterocycles. The van der Waals surface area contributed by atoms with E-state index in [1.54, 1.807) is 16.8 Å². The van der Waals surface area contributed by atoms with Crippen LogP contribution in [0.5, 0.6) is 0 Å². The first-order chi connectivity index (χ1) is 18.0. The number of amides is 4. The van der Waals surface area contributed by atoms with Gasteiger partial charge >= 0.3 is 6.03 Å². The van der Waals surface area contributed by atoms with Crippen LogP contribution < -0.4 is 5.32 Å². The summed E-state index contributed by atoms with van der Waals surface area (Å²) >= 11 is 0. The lowest BCUT2D eigenvalue weighted by molar-refractivity contribution is -0.188. The van der Waals surface area contributed by atoms with Crippen LogP contribution in [-0.4, -0.2) is 69.5 Å². The van der Waals surface area contributed by atoms with Gasteiger partial charge in [0.2, 0.25) is 11.8 Å². The van der Waals surface area contributed by atoms with Crippen molar-refractivity contribution in [3.05, 3.63) is 83.9 Å². The quantitative estimate of drug-likeness (QED) is 0.553. The molecule has 2 atom stereocenters. The summed E-state index contributed by atoms with van der Waals surface area (Å²) in [5.74, 6) is 2.19. The molecule has 8 heteroatoms. The average molecular weight is 496 g/mol. The molecule has 5 rings (SSSR count). The fourth-order valence-corrected chi connectivity index (χ4v) is 5.23. The first-order valence-electron chi connectivity index (χ1n) is 12.3. The van der Waals surface area contributed by atoms with Crippen molar-refractivity contribution in [1.29, 1.82) is 0 Å². The minimum Gasteiger partial charge on any atom is -0.333 e. The molecule has 2 aliphatic heterocycles. The summed E-state index contributed by atoms with van der Waals surface area (Å²) in [5, 5.41) is 8.22. The minimum atomic E-state index is -0.710. The van der Waals surface area contributed by atoms with Crippen molar-refractivity contribution in [3.8, 4) is 12.3 Å². The van der Waals surface area contributed by atoms with Crippen LogP contribution in [0.25, 0.3) is 10.8 Å². The maximum atomic E-state index is 13.5. The number of terminal acetylenes is 1. The highest BCUT2D eigenvalue weighted by molar-refractivity contribution is 5.92. The molecular weight excluding hydrogens is 466 g/mol. The van der Waals surface area contributed by atoms with Gasteiger partial charge in [0.1, 0.15) is 12.2 Å². The van der Waals surface area contributed by atoms with Crippen LogP contribution in [0.1, 0.15) is 18.1 Å². The van der Waals surface area contributed by atoms with Gasteiger partial charge in [0.25, 0.3) is 0 Å². The number of urea groups is 1. The van der Waals surface area contributed by atoms with Crippen LogP contribution in [0.3, 0.4) is 0 Å². The number of carbonyl (C=O) groups excluding carboxylic acids is 3. The molecule has 8 nitrogen and oxygen atoms in total. The number of hydrazine groups is 1. The molecule has 4 amide bonds. The van der Waals surface area contributed by atoms with Crippen molar-refractivity contribution in [1.82, 2.24) is 25.1 Å². The Morgan fingerprint density at radius 3 is 2.54 bits per heavy atom. The lowest BCUT2D eigenvalue weighted by atomic mass is 10.0. The zero-order valence-corrected chi connectivity index (χ0v) is 20.7. The van der Waals surface area contributed by atoms with E-state index >= 15 is 0 Å². The second kappa shape index (κ2) is 10.3. The second-order valence-corrected chi connectivity index (χ2v) is 9.33. The van der Waals surface area contributed by atoms with E-state index in [0.29, 0.717) is 13.1 Å². The summed E-state index contributed by atoms with van der Waals surface area (Å²) in [7, 11) is 0. The maximum Gasteiger partial charge on any atom is 0.334 e. The Bertz CT molecular complexity index is 1360. The smallest absolute Gasteiger partial charge is 0.333 e. The molecule has 188 valence electrons. The largest absolute Gasteiger partial charge is 0.334 e. The van der Waals surface area contributed by atoms with Crippen LogP contribution in [-0.2, 0) is 22.7 Å². The standard InChI is InChI=1S/C29H29N5O3/c1-3-16-32-20-27(35)33-21(2)28(36)31(18-24-14-9-13-23-12-7-8-15-25(23)24)19-26(33)34(32)29(37)30-17-22-10-5-4-6-11-22/h1,4-15,21,26H,16-20H2,2H3,(H,30,37)/t21-,26-/m0/s1. The van der Waals surface area contributed by atoms with Gasteiger partial charge in [-0.15, -0.1) is 6.42 Å². The Hall–Kier alpha value is -4.35. The Kier molecular flexibility index (Phi) is 6.80. The molecule has 3 aromatic carbocycles. The van der Waals surface area contributed by atoms with E-state index in [4.69, 9.17) is 6.42 Å². The third kappa shape index (κ3) is 4.74. The molecule has 0 spiro atoms. The topological polar surface area (TPSA) is 76.2 Å². The summed E-state index contributed by atoms with van der Waals surface area (Å²) in [5.41, 5.74) is 1.96. The third-order valence-corrected chi connectivity index (χ3v) is 6.99. The van der Waals surface area contributed by atoms with Crippen molar-refractivity contribution in [2.24, 2.45) is 0 Å². The predicted molar refractivity (Wildman–Crippen MR) is 140 cm³/mol. The number of nitrogens with one attached hydrogen (secondary N) is 1. The number of hydrogen-bond acceptors (Lipinski definition) is 4. The van der Waals surface area contributed by atoms with Gasteiger partial charge in [0, 0.05) is 13.1 Å². The third-order valence-electron chi connectivity index (χ3n) is 6.99. The van der Waals surface area contributed by atoms with Crippen LogP contribution in [0.4, 0.5) is 4.79 Å². The van der Waals surface area contributed by atoms with Crippen LogP contribution in [0, 0.1) is 12.3 Å². The number of benzene rings is 3. The molecule has 1 N–H and O–H groups in total. The van der Waals surface area contributed by atoms with Crippen LogP contribution in [0.2, 0.25) is 0 Å². The van der Waals surface area contributed by atoms with Gasteiger partial charge in [0.15, 0.2) is 0 Å². The van der Waals surface area contributed by atoms with Gasteiger partial charge in [-0.25, -0.2) is 9.80 Å². The first kappa shape index (κ1) is 24.3. The summed E-state index contributed by atoms with van der Waals surface area (Å²) < 4.78 is 0. The number of rotatable bonds is 5. The van der Waals surface area contributed by atoms with Gasteiger partial charge in [-0.2, -0.15) is 5.01 Å². The lowest BCUT2D eigenvalue weighted by Crippen LogP contribution is -2.75. The van der Waals surface area contributed by atoms with Crippen LogP contribution >= 0.6 is 0 Å². The summed E-state index contributed by atoms with van der Waals surface area (Å²) in [6.07, 6.45) is 4.92. The second-order valence-electron chi connectivity index (χ2n) is 9.33. The Balaban J connectivity index is 1.44. The molecule has 0 bridgehead atoms. The van der Waals surface area contributed by atoms with E-state index in [-0.39, 0.29) is 37.5 Å². The monoisotopic (exact) mass is 495 g/mol. The molecule has 2 aliphatic rings. The fraction of sp³-hybridized carbons (Fsp3) is 0.276.